The van der Waals surface area contributed by atoms with Gasteiger partial charge in [0.1, 0.15) is 0 Å². The van der Waals surface area contributed by atoms with Gasteiger partial charge in [0.2, 0.25) is 0 Å². The molecule has 0 aliphatic heterocycles. The molecule has 0 heterocycles. The van der Waals surface area contributed by atoms with E-state index >= 15 is 0 Å². The Hall–Kier alpha value is -0.240. The molecule has 1 nitrogen and oxygen atoms in total. The molecule has 0 radical (unpaired) electrons. The van der Waals surface area contributed by atoms with Crippen molar-refractivity contribution in [3.05, 3.63) is 33.8 Å². The van der Waals surface area contributed by atoms with Gasteiger partial charge in [-0.1, -0.05) is 37.0 Å². The van der Waals surface area contributed by atoms with Gasteiger partial charge in [0.05, 0.1) is 6.10 Å². The van der Waals surface area contributed by atoms with Gasteiger partial charge in [-0.15, -0.1) is 0 Å². The Kier molecular flexibility index (Phi) is 4.91. The van der Waals surface area contributed by atoms with Gasteiger partial charge < -0.3 is 5.11 Å². The Morgan fingerprint density at radius 3 is 2.07 bits per heavy atom. The number of aliphatic hydroxyl groups excluding tert-OH is 1. The first-order valence-corrected chi connectivity index (χ1v) is 5.88. The average Bonchev–Trinajstić information content (AvgIpc) is 2.12. The third kappa shape index (κ3) is 4.42. The summed E-state index contributed by atoms with van der Waals surface area (Å²) in [6.07, 6.45) is 1.27. The lowest BCUT2D eigenvalue weighted by Crippen LogP contribution is -1.99. The quantitative estimate of drug-likeness (QED) is 0.832. The molecule has 0 spiro atoms. The van der Waals surface area contributed by atoms with Gasteiger partial charge in [-0.25, -0.2) is 0 Å². The third-order valence-corrected chi connectivity index (χ3v) is 2.72. The zero-order valence-corrected chi connectivity index (χ0v) is 10.5. The second kappa shape index (κ2) is 5.74. The van der Waals surface area contributed by atoms with E-state index in [9.17, 15) is 5.11 Å². The summed E-state index contributed by atoms with van der Waals surface area (Å²) in [6.45, 7) is 4.27. The summed E-state index contributed by atoms with van der Waals surface area (Å²) < 4.78 is 0. The molecule has 0 bridgehead atoms. The second-order valence-corrected chi connectivity index (χ2v) is 5.06. The Labute approximate surface area is 101 Å². The van der Waals surface area contributed by atoms with Crippen LogP contribution in [-0.4, -0.2) is 5.11 Å². The van der Waals surface area contributed by atoms with Crippen molar-refractivity contribution in [3.8, 4) is 0 Å². The van der Waals surface area contributed by atoms with Gasteiger partial charge in [-0.3, -0.25) is 0 Å². The molecule has 0 aromatic heterocycles. The zero-order valence-electron chi connectivity index (χ0n) is 9.00. The lowest BCUT2D eigenvalue weighted by Gasteiger charge is -2.13. The topological polar surface area (TPSA) is 20.2 Å². The van der Waals surface area contributed by atoms with Crippen molar-refractivity contribution in [3.63, 3.8) is 0 Å². The fourth-order valence-corrected chi connectivity index (χ4v) is 1.97. The van der Waals surface area contributed by atoms with E-state index in [2.05, 4.69) is 13.8 Å². The lowest BCUT2D eigenvalue weighted by molar-refractivity contribution is 0.159. The van der Waals surface area contributed by atoms with E-state index in [4.69, 9.17) is 23.2 Å². The van der Waals surface area contributed by atoms with Crippen molar-refractivity contribution in [2.45, 2.75) is 32.8 Å². The maximum Gasteiger partial charge on any atom is 0.0791 e. The minimum atomic E-state index is -0.469. The molecule has 1 unspecified atom stereocenters. The molecule has 1 N–H and O–H groups in total. The number of hydrogen-bond acceptors (Lipinski definition) is 1. The molecule has 1 atom stereocenters. The summed E-state index contributed by atoms with van der Waals surface area (Å²) in [7, 11) is 0. The first kappa shape index (κ1) is 12.8. The van der Waals surface area contributed by atoms with Crippen LogP contribution < -0.4 is 0 Å². The van der Waals surface area contributed by atoms with Crippen molar-refractivity contribution in [2.24, 2.45) is 5.92 Å². The minimum absolute atomic E-state index is 0.469. The van der Waals surface area contributed by atoms with Crippen LogP contribution in [0.4, 0.5) is 0 Å². The number of benzene rings is 1. The van der Waals surface area contributed by atoms with Crippen LogP contribution in [0.5, 0.6) is 0 Å². The highest BCUT2D eigenvalue weighted by Crippen LogP contribution is 2.26. The molecule has 0 saturated heterocycles. The normalized spacial score (nSPS) is 13.2. The van der Waals surface area contributed by atoms with Crippen LogP contribution in [0.25, 0.3) is 0 Å². The van der Waals surface area contributed by atoms with Crippen molar-refractivity contribution in [1.29, 1.82) is 0 Å². The number of rotatable bonds is 4. The van der Waals surface area contributed by atoms with Gasteiger partial charge in [0, 0.05) is 10.0 Å². The van der Waals surface area contributed by atoms with Crippen molar-refractivity contribution in [2.75, 3.05) is 0 Å². The first-order chi connectivity index (χ1) is 6.99. The van der Waals surface area contributed by atoms with E-state index in [0.717, 1.165) is 18.4 Å². The minimum Gasteiger partial charge on any atom is -0.388 e. The molecular formula is C12H16Cl2O. The molecule has 15 heavy (non-hydrogen) atoms. The van der Waals surface area contributed by atoms with Crippen molar-refractivity contribution in [1.82, 2.24) is 0 Å². The van der Waals surface area contributed by atoms with Crippen LogP contribution in [0.3, 0.4) is 0 Å². The van der Waals surface area contributed by atoms with E-state index in [1.54, 1.807) is 18.2 Å². The standard InChI is InChI=1S/C12H16Cl2O/c1-8(2)3-4-12(15)9-5-10(13)7-11(14)6-9/h5-8,12,15H,3-4H2,1-2H3. The van der Waals surface area contributed by atoms with Gasteiger partial charge >= 0.3 is 0 Å². The van der Waals surface area contributed by atoms with Crippen molar-refractivity contribution < 1.29 is 5.11 Å². The Morgan fingerprint density at radius 2 is 1.60 bits per heavy atom. The summed E-state index contributed by atoms with van der Waals surface area (Å²) in [5.74, 6) is 0.592. The summed E-state index contributed by atoms with van der Waals surface area (Å²) in [5, 5.41) is 11.0. The van der Waals surface area contributed by atoms with Crippen LogP contribution in [0.15, 0.2) is 18.2 Å². The summed E-state index contributed by atoms with van der Waals surface area (Å²) >= 11 is 11.7. The third-order valence-electron chi connectivity index (χ3n) is 2.29. The smallest absolute Gasteiger partial charge is 0.0791 e. The maximum atomic E-state index is 9.90. The summed E-state index contributed by atoms with van der Waals surface area (Å²) in [4.78, 5) is 0. The molecule has 1 rings (SSSR count). The molecular weight excluding hydrogens is 231 g/mol. The SMILES string of the molecule is CC(C)CCC(O)c1cc(Cl)cc(Cl)c1. The molecule has 1 aromatic rings. The Bertz CT molecular complexity index is 303. The van der Waals surface area contributed by atoms with E-state index < -0.39 is 6.10 Å². The molecule has 0 aliphatic carbocycles. The number of aliphatic hydroxyl groups is 1. The molecule has 0 amide bonds. The largest absolute Gasteiger partial charge is 0.388 e. The molecule has 0 aliphatic rings. The molecule has 84 valence electrons. The predicted molar refractivity (Wildman–Crippen MR) is 65.5 cm³/mol. The first-order valence-electron chi connectivity index (χ1n) is 5.13. The van der Waals surface area contributed by atoms with Crippen LogP contribution in [0.2, 0.25) is 10.0 Å². The van der Waals surface area contributed by atoms with Gasteiger partial charge in [0.25, 0.3) is 0 Å². The van der Waals surface area contributed by atoms with Crippen LogP contribution in [-0.2, 0) is 0 Å². The Morgan fingerprint density at radius 1 is 1.07 bits per heavy atom. The van der Waals surface area contributed by atoms with E-state index in [-0.39, 0.29) is 0 Å². The van der Waals surface area contributed by atoms with E-state index in [1.165, 1.54) is 0 Å². The van der Waals surface area contributed by atoms with Gasteiger partial charge in [0.15, 0.2) is 0 Å². The van der Waals surface area contributed by atoms with Crippen LogP contribution in [0, 0.1) is 5.92 Å². The summed E-state index contributed by atoms with van der Waals surface area (Å²) in [5.41, 5.74) is 0.799. The zero-order chi connectivity index (χ0) is 11.4. The lowest BCUT2D eigenvalue weighted by atomic mass is 10.00. The highest BCUT2D eigenvalue weighted by atomic mass is 35.5. The number of halogens is 2. The predicted octanol–water partition coefficient (Wildman–Crippen LogP) is 4.46. The fraction of sp³-hybridized carbons (Fsp3) is 0.500. The fourth-order valence-electron chi connectivity index (χ4n) is 1.43. The van der Waals surface area contributed by atoms with Crippen LogP contribution >= 0.6 is 23.2 Å². The van der Waals surface area contributed by atoms with Crippen LogP contribution in [0.1, 0.15) is 38.4 Å². The van der Waals surface area contributed by atoms with Gasteiger partial charge in [-0.2, -0.15) is 0 Å². The highest BCUT2D eigenvalue weighted by molar-refractivity contribution is 6.34. The van der Waals surface area contributed by atoms with E-state index in [0.29, 0.717) is 16.0 Å². The average molecular weight is 247 g/mol. The highest BCUT2D eigenvalue weighted by Gasteiger charge is 2.10. The second-order valence-electron chi connectivity index (χ2n) is 4.19. The summed E-state index contributed by atoms with van der Waals surface area (Å²) in [6, 6.07) is 5.19. The van der Waals surface area contributed by atoms with E-state index in [1.807, 2.05) is 0 Å². The monoisotopic (exact) mass is 246 g/mol. The molecule has 0 saturated carbocycles. The molecule has 3 heteroatoms. The van der Waals surface area contributed by atoms with Crippen molar-refractivity contribution >= 4 is 23.2 Å². The number of hydrogen-bond donors (Lipinski definition) is 1. The molecule has 0 fully saturated rings. The van der Waals surface area contributed by atoms with Gasteiger partial charge in [-0.05, 0) is 42.5 Å². The maximum absolute atomic E-state index is 9.90. The molecule has 1 aromatic carbocycles. The Balaban J connectivity index is 2.68.